The van der Waals surface area contributed by atoms with Gasteiger partial charge in [0.05, 0.1) is 16.4 Å². The molecule has 2 aromatic carbocycles. The van der Waals surface area contributed by atoms with Crippen LogP contribution >= 0.6 is 11.8 Å². The number of aromatic hydroxyl groups is 2. The SMILES string of the molecule is C/C(=N/NC(=O)CSCc1ccc([N+](=O)[O-])cc1)c1cc(O)ccc1O. The van der Waals surface area contributed by atoms with Crippen molar-refractivity contribution in [2.45, 2.75) is 12.7 Å². The summed E-state index contributed by atoms with van der Waals surface area (Å²) in [5.74, 6) is 0.292. The number of carbonyl (C=O) groups excluding carboxylic acids is 1. The molecule has 0 fully saturated rings. The van der Waals surface area contributed by atoms with Gasteiger partial charge in [-0.25, -0.2) is 5.43 Å². The molecule has 2 rings (SSSR count). The highest BCUT2D eigenvalue weighted by molar-refractivity contribution is 7.99. The number of hydrazone groups is 1. The predicted molar refractivity (Wildman–Crippen MR) is 99.4 cm³/mol. The molecule has 3 N–H and O–H groups in total. The van der Waals surface area contributed by atoms with E-state index in [-0.39, 0.29) is 28.8 Å². The minimum absolute atomic E-state index is 0.0164. The molecule has 1 amide bonds. The number of hydrogen-bond acceptors (Lipinski definition) is 7. The van der Waals surface area contributed by atoms with Crippen LogP contribution in [-0.2, 0) is 10.5 Å². The zero-order chi connectivity index (χ0) is 19.1. The predicted octanol–water partition coefficient (Wildman–Crippen LogP) is 2.78. The molecule has 136 valence electrons. The van der Waals surface area contributed by atoms with Crippen molar-refractivity contribution in [1.82, 2.24) is 5.43 Å². The Morgan fingerprint density at radius 3 is 2.58 bits per heavy atom. The van der Waals surface area contributed by atoms with Gasteiger partial charge < -0.3 is 10.2 Å². The van der Waals surface area contributed by atoms with Gasteiger partial charge in [0.15, 0.2) is 0 Å². The first-order valence-corrected chi connectivity index (χ1v) is 8.69. The lowest BCUT2D eigenvalue weighted by Gasteiger charge is -2.06. The molecule has 9 heteroatoms. The highest BCUT2D eigenvalue weighted by Gasteiger charge is 2.08. The normalized spacial score (nSPS) is 11.2. The zero-order valence-electron chi connectivity index (χ0n) is 13.9. The van der Waals surface area contributed by atoms with Gasteiger partial charge in [-0.2, -0.15) is 5.10 Å². The van der Waals surface area contributed by atoms with Gasteiger partial charge in [-0.3, -0.25) is 14.9 Å². The van der Waals surface area contributed by atoms with Gasteiger partial charge in [-0.1, -0.05) is 12.1 Å². The summed E-state index contributed by atoms with van der Waals surface area (Å²) in [6.45, 7) is 1.60. The lowest BCUT2D eigenvalue weighted by Crippen LogP contribution is -2.21. The molecule has 0 aliphatic rings. The first kappa shape index (κ1) is 19.3. The molecule has 0 spiro atoms. The Morgan fingerprint density at radius 1 is 1.23 bits per heavy atom. The van der Waals surface area contributed by atoms with Crippen molar-refractivity contribution in [3.63, 3.8) is 0 Å². The van der Waals surface area contributed by atoms with Crippen LogP contribution in [0.2, 0.25) is 0 Å². The van der Waals surface area contributed by atoms with E-state index in [1.54, 1.807) is 19.1 Å². The Bertz CT molecular complexity index is 837. The molecule has 0 aromatic heterocycles. The first-order chi connectivity index (χ1) is 12.4. The van der Waals surface area contributed by atoms with Crippen LogP contribution in [0.1, 0.15) is 18.1 Å². The number of nitrogens with zero attached hydrogens (tertiary/aromatic N) is 2. The Hall–Kier alpha value is -3.07. The van der Waals surface area contributed by atoms with Crippen LogP contribution < -0.4 is 5.43 Å². The second kappa shape index (κ2) is 8.86. The summed E-state index contributed by atoms with van der Waals surface area (Å²) in [5, 5.41) is 33.7. The number of thioether (sulfide) groups is 1. The van der Waals surface area contributed by atoms with E-state index < -0.39 is 4.92 Å². The van der Waals surface area contributed by atoms with E-state index in [1.165, 1.54) is 42.1 Å². The Labute approximate surface area is 153 Å². The smallest absolute Gasteiger partial charge is 0.269 e. The average Bonchev–Trinajstić information content (AvgIpc) is 2.62. The van der Waals surface area contributed by atoms with Crippen molar-refractivity contribution >= 4 is 29.1 Å². The summed E-state index contributed by atoms with van der Waals surface area (Å²) < 4.78 is 0. The second-order valence-electron chi connectivity index (χ2n) is 5.35. The van der Waals surface area contributed by atoms with Crippen molar-refractivity contribution in [3.05, 3.63) is 63.7 Å². The van der Waals surface area contributed by atoms with Gasteiger partial charge in [0.2, 0.25) is 5.91 Å². The van der Waals surface area contributed by atoms with Crippen molar-refractivity contribution in [2.24, 2.45) is 5.10 Å². The molecule has 0 radical (unpaired) electrons. The average molecular weight is 375 g/mol. The van der Waals surface area contributed by atoms with E-state index in [2.05, 4.69) is 10.5 Å². The Morgan fingerprint density at radius 2 is 1.92 bits per heavy atom. The van der Waals surface area contributed by atoms with Crippen LogP contribution in [0.15, 0.2) is 47.6 Å². The molecule has 0 aliphatic carbocycles. The number of hydrogen-bond donors (Lipinski definition) is 3. The first-order valence-electron chi connectivity index (χ1n) is 7.53. The molecule has 0 aliphatic heterocycles. The van der Waals surface area contributed by atoms with Crippen LogP contribution in [0.3, 0.4) is 0 Å². The van der Waals surface area contributed by atoms with Crippen LogP contribution in [0.5, 0.6) is 11.5 Å². The van der Waals surface area contributed by atoms with E-state index in [0.29, 0.717) is 17.0 Å². The van der Waals surface area contributed by atoms with Crippen LogP contribution in [0.4, 0.5) is 5.69 Å². The molecule has 0 saturated carbocycles. The Balaban J connectivity index is 1.83. The summed E-state index contributed by atoms with van der Waals surface area (Å²) in [6, 6.07) is 10.2. The van der Waals surface area contributed by atoms with E-state index in [0.717, 1.165) is 5.56 Å². The highest BCUT2D eigenvalue weighted by Crippen LogP contribution is 2.22. The molecule has 0 unspecified atom stereocenters. The van der Waals surface area contributed by atoms with E-state index in [1.807, 2.05) is 0 Å². The lowest BCUT2D eigenvalue weighted by molar-refractivity contribution is -0.384. The summed E-state index contributed by atoms with van der Waals surface area (Å²) in [7, 11) is 0. The number of nitrogens with one attached hydrogen (secondary N) is 1. The van der Waals surface area contributed by atoms with E-state index >= 15 is 0 Å². The maximum Gasteiger partial charge on any atom is 0.269 e. The number of nitro benzene ring substituents is 1. The number of amides is 1. The molecule has 0 atom stereocenters. The van der Waals surface area contributed by atoms with Crippen molar-refractivity contribution in [1.29, 1.82) is 0 Å². The van der Waals surface area contributed by atoms with Gasteiger partial charge in [-0.15, -0.1) is 11.8 Å². The summed E-state index contributed by atoms with van der Waals surface area (Å²) in [5.41, 5.74) is 3.96. The zero-order valence-corrected chi connectivity index (χ0v) is 14.7. The standard InChI is InChI=1S/C17H17N3O5S/c1-11(15-8-14(21)6-7-16(15)22)18-19-17(23)10-26-9-12-2-4-13(5-3-12)20(24)25/h2-8,21-22H,9-10H2,1H3,(H,19,23)/b18-11-. The minimum Gasteiger partial charge on any atom is -0.508 e. The summed E-state index contributed by atoms with van der Waals surface area (Å²) >= 11 is 1.34. The van der Waals surface area contributed by atoms with Gasteiger partial charge in [-0.05, 0) is 30.7 Å². The molecular weight excluding hydrogens is 358 g/mol. The third kappa shape index (κ3) is 5.49. The number of phenols is 2. The number of non-ortho nitro benzene ring substituents is 1. The summed E-state index contributed by atoms with van der Waals surface area (Å²) in [6.07, 6.45) is 0. The number of benzene rings is 2. The number of carbonyl (C=O) groups is 1. The van der Waals surface area contributed by atoms with Gasteiger partial charge in [0.1, 0.15) is 11.5 Å². The van der Waals surface area contributed by atoms with Crippen LogP contribution in [-0.4, -0.2) is 32.5 Å². The molecule has 0 saturated heterocycles. The summed E-state index contributed by atoms with van der Waals surface area (Å²) in [4.78, 5) is 22.0. The maximum absolute atomic E-state index is 11.8. The van der Waals surface area contributed by atoms with Crippen molar-refractivity contribution < 1.29 is 19.9 Å². The third-order valence-electron chi connectivity index (χ3n) is 3.37. The molecule has 2 aromatic rings. The Kier molecular flexibility index (Phi) is 6.56. The van der Waals surface area contributed by atoms with Crippen LogP contribution in [0.25, 0.3) is 0 Å². The minimum atomic E-state index is -0.463. The molecule has 26 heavy (non-hydrogen) atoms. The van der Waals surface area contributed by atoms with Gasteiger partial charge >= 0.3 is 0 Å². The molecular formula is C17H17N3O5S. The van der Waals surface area contributed by atoms with Crippen molar-refractivity contribution in [2.75, 3.05) is 5.75 Å². The molecule has 0 heterocycles. The fraction of sp³-hybridized carbons (Fsp3) is 0.176. The molecule has 0 bridgehead atoms. The van der Waals surface area contributed by atoms with Gasteiger partial charge in [0, 0.05) is 23.4 Å². The van der Waals surface area contributed by atoms with Crippen LogP contribution in [0, 0.1) is 10.1 Å². The van der Waals surface area contributed by atoms with E-state index in [4.69, 9.17) is 0 Å². The maximum atomic E-state index is 11.8. The third-order valence-corrected chi connectivity index (χ3v) is 4.37. The highest BCUT2D eigenvalue weighted by atomic mass is 32.2. The fourth-order valence-corrected chi connectivity index (χ4v) is 2.81. The molecule has 8 nitrogen and oxygen atoms in total. The van der Waals surface area contributed by atoms with Gasteiger partial charge in [0.25, 0.3) is 5.69 Å². The number of rotatable bonds is 7. The number of nitro groups is 1. The van der Waals surface area contributed by atoms with Crippen molar-refractivity contribution in [3.8, 4) is 11.5 Å². The topological polar surface area (TPSA) is 125 Å². The second-order valence-corrected chi connectivity index (χ2v) is 6.34. The largest absolute Gasteiger partial charge is 0.508 e. The number of phenolic OH excluding ortho intramolecular Hbond substituents is 2. The quantitative estimate of drug-likeness (QED) is 0.296. The fourth-order valence-electron chi connectivity index (χ4n) is 2.03. The van der Waals surface area contributed by atoms with E-state index in [9.17, 15) is 25.1 Å². The lowest BCUT2D eigenvalue weighted by atomic mass is 10.1. The monoisotopic (exact) mass is 375 g/mol.